The average molecular weight is 420 g/mol. The summed E-state index contributed by atoms with van der Waals surface area (Å²) in [5, 5.41) is 0.497. The van der Waals surface area contributed by atoms with E-state index in [1.807, 2.05) is 43.8 Å². The van der Waals surface area contributed by atoms with E-state index >= 15 is 0 Å². The van der Waals surface area contributed by atoms with E-state index in [4.69, 9.17) is 16.3 Å². The molecular formula is C22H30ClN3O3. The van der Waals surface area contributed by atoms with Crippen molar-refractivity contribution < 1.29 is 14.3 Å². The van der Waals surface area contributed by atoms with Gasteiger partial charge >= 0.3 is 0 Å². The van der Waals surface area contributed by atoms with E-state index in [-0.39, 0.29) is 24.4 Å². The van der Waals surface area contributed by atoms with Gasteiger partial charge in [0.15, 0.2) is 0 Å². The predicted molar refractivity (Wildman–Crippen MR) is 115 cm³/mol. The molecule has 0 aliphatic carbocycles. The van der Waals surface area contributed by atoms with Crippen LogP contribution in [0.2, 0.25) is 5.02 Å². The fourth-order valence-corrected chi connectivity index (χ4v) is 3.22. The summed E-state index contributed by atoms with van der Waals surface area (Å²) in [5.74, 6) is -0.306. The molecular weight excluding hydrogens is 390 g/mol. The summed E-state index contributed by atoms with van der Waals surface area (Å²) < 4.78 is 7.16. The minimum atomic E-state index is -0.194. The summed E-state index contributed by atoms with van der Waals surface area (Å²) in [4.78, 5) is 29.6. The lowest BCUT2D eigenvalue weighted by atomic mass is 10.1. The highest BCUT2D eigenvalue weighted by atomic mass is 35.5. The highest BCUT2D eigenvalue weighted by Crippen LogP contribution is 2.16. The molecule has 1 aromatic carbocycles. The first-order valence-electron chi connectivity index (χ1n) is 9.80. The van der Waals surface area contributed by atoms with Gasteiger partial charge in [-0.15, -0.1) is 0 Å². The van der Waals surface area contributed by atoms with Gasteiger partial charge in [0.05, 0.1) is 13.2 Å². The highest BCUT2D eigenvalue weighted by molar-refractivity contribution is 6.31. The van der Waals surface area contributed by atoms with Crippen molar-refractivity contribution in [3.05, 3.63) is 58.9 Å². The number of hydrogen-bond donors (Lipinski definition) is 0. The Hall–Kier alpha value is -2.31. The number of carbonyl (C=O) groups is 2. The first-order chi connectivity index (χ1) is 13.9. The summed E-state index contributed by atoms with van der Waals surface area (Å²) in [7, 11) is 3.56. The number of benzene rings is 1. The molecule has 29 heavy (non-hydrogen) atoms. The van der Waals surface area contributed by atoms with Crippen molar-refractivity contribution in [2.24, 2.45) is 7.05 Å². The van der Waals surface area contributed by atoms with Crippen LogP contribution in [0, 0.1) is 0 Å². The van der Waals surface area contributed by atoms with Crippen molar-refractivity contribution in [2.75, 3.05) is 26.8 Å². The van der Waals surface area contributed by atoms with E-state index in [1.54, 1.807) is 41.2 Å². The van der Waals surface area contributed by atoms with Crippen LogP contribution in [-0.2, 0) is 23.1 Å². The molecule has 1 heterocycles. The second-order valence-electron chi connectivity index (χ2n) is 7.12. The quantitative estimate of drug-likeness (QED) is 0.591. The normalized spacial score (nSPS) is 11.9. The second kappa shape index (κ2) is 11.0. The number of ether oxygens (including phenoxy) is 1. The van der Waals surface area contributed by atoms with Crippen LogP contribution in [0.5, 0.6) is 0 Å². The number of carbonyl (C=O) groups excluding carboxylic acids is 2. The Morgan fingerprint density at radius 3 is 2.59 bits per heavy atom. The number of aromatic nitrogens is 1. The van der Waals surface area contributed by atoms with Crippen LogP contribution < -0.4 is 0 Å². The predicted octanol–water partition coefficient (Wildman–Crippen LogP) is 3.59. The lowest BCUT2D eigenvalue weighted by molar-refractivity contribution is -0.133. The fourth-order valence-electron chi connectivity index (χ4n) is 3.03. The lowest BCUT2D eigenvalue weighted by Gasteiger charge is -2.31. The van der Waals surface area contributed by atoms with Gasteiger partial charge < -0.3 is 19.1 Å². The van der Waals surface area contributed by atoms with Crippen LogP contribution in [0.1, 0.15) is 36.3 Å². The van der Waals surface area contributed by atoms with Gasteiger partial charge in [0.2, 0.25) is 5.91 Å². The van der Waals surface area contributed by atoms with E-state index in [0.29, 0.717) is 30.3 Å². The molecule has 0 fully saturated rings. The molecule has 0 aliphatic rings. The molecule has 0 bridgehead atoms. The van der Waals surface area contributed by atoms with Gasteiger partial charge in [0.1, 0.15) is 6.54 Å². The van der Waals surface area contributed by atoms with E-state index in [2.05, 4.69) is 0 Å². The summed E-state index contributed by atoms with van der Waals surface area (Å²) in [5.41, 5.74) is 1.50. The maximum absolute atomic E-state index is 13.2. The minimum absolute atomic E-state index is 0.00842. The molecule has 0 radical (unpaired) electrons. The van der Waals surface area contributed by atoms with Crippen LogP contribution in [0.25, 0.3) is 0 Å². The Morgan fingerprint density at radius 1 is 1.24 bits per heavy atom. The van der Waals surface area contributed by atoms with E-state index in [0.717, 1.165) is 12.1 Å². The summed E-state index contributed by atoms with van der Waals surface area (Å²) in [6, 6.07) is 10.7. The number of hydrogen-bond acceptors (Lipinski definition) is 3. The molecule has 2 amide bonds. The Kier molecular flexibility index (Phi) is 8.73. The third-order valence-electron chi connectivity index (χ3n) is 5.08. The monoisotopic (exact) mass is 419 g/mol. The van der Waals surface area contributed by atoms with Gasteiger partial charge in [0, 0.05) is 49.2 Å². The number of methoxy groups -OCH3 is 1. The first-order valence-corrected chi connectivity index (χ1v) is 10.2. The third kappa shape index (κ3) is 6.34. The zero-order chi connectivity index (χ0) is 21.4. The molecule has 0 aliphatic heterocycles. The van der Waals surface area contributed by atoms with Gasteiger partial charge in [-0.2, -0.15) is 0 Å². The van der Waals surface area contributed by atoms with Crippen LogP contribution >= 0.6 is 11.6 Å². The summed E-state index contributed by atoms with van der Waals surface area (Å²) >= 11 is 6.05. The highest BCUT2D eigenvalue weighted by Gasteiger charge is 2.26. The SMILES string of the molecule is CCC(C)N(CC(=O)N(CCOC)Cc1cccn1C)C(=O)c1cccc(Cl)c1. The summed E-state index contributed by atoms with van der Waals surface area (Å²) in [6.07, 6.45) is 2.69. The third-order valence-corrected chi connectivity index (χ3v) is 5.32. The van der Waals surface area contributed by atoms with Crippen LogP contribution in [0.3, 0.4) is 0 Å². The zero-order valence-electron chi connectivity index (χ0n) is 17.6. The average Bonchev–Trinajstić information content (AvgIpc) is 3.12. The maximum Gasteiger partial charge on any atom is 0.254 e. The molecule has 0 spiro atoms. The first kappa shape index (κ1) is 23.0. The smallest absolute Gasteiger partial charge is 0.254 e. The van der Waals surface area contributed by atoms with Crippen molar-refractivity contribution in [1.82, 2.24) is 14.4 Å². The Balaban J connectivity index is 2.20. The minimum Gasteiger partial charge on any atom is -0.383 e. The molecule has 6 nitrogen and oxygen atoms in total. The molecule has 158 valence electrons. The molecule has 0 saturated carbocycles. The van der Waals surface area contributed by atoms with Crippen molar-refractivity contribution in [1.29, 1.82) is 0 Å². The fraction of sp³-hybridized carbons (Fsp3) is 0.455. The molecule has 2 rings (SSSR count). The molecule has 0 saturated heterocycles. The molecule has 0 N–H and O–H groups in total. The topological polar surface area (TPSA) is 54.8 Å². The second-order valence-corrected chi connectivity index (χ2v) is 7.56. The molecule has 7 heteroatoms. The Morgan fingerprint density at radius 2 is 2.00 bits per heavy atom. The maximum atomic E-state index is 13.2. The largest absolute Gasteiger partial charge is 0.383 e. The van der Waals surface area contributed by atoms with E-state index in [9.17, 15) is 9.59 Å². The number of halogens is 1. The van der Waals surface area contributed by atoms with Gasteiger partial charge in [-0.3, -0.25) is 9.59 Å². The van der Waals surface area contributed by atoms with Crippen LogP contribution in [-0.4, -0.2) is 59.0 Å². The standard InChI is InChI=1S/C22H30ClN3O3/c1-5-17(2)26(22(28)18-8-6-9-19(23)14-18)16-21(27)25(12-13-29-4)15-20-10-7-11-24(20)3/h6-11,14,17H,5,12-13,15-16H2,1-4H3. The van der Waals surface area contributed by atoms with Gasteiger partial charge in [-0.1, -0.05) is 24.6 Å². The number of aryl methyl sites for hydroxylation is 1. The van der Waals surface area contributed by atoms with Crippen molar-refractivity contribution in [3.63, 3.8) is 0 Å². The van der Waals surface area contributed by atoms with Gasteiger partial charge in [-0.25, -0.2) is 0 Å². The van der Waals surface area contributed by atoms with Crippen molar-refractivity contribution in [3.8, 4) is 0 Å². The zero-order valence-corrected chi connectivity index (χ0v) is 18.4. The van der Waals surface area contributed by atoms with Gasteiger partial charge in [0.25, 0.3) is 5.91 Å². The number of rotatable bonds is 10. The van der Waals surface area contributed by atoms with Crippen molar-refractivity contribution >= 4 is 23.4 Å². The Labute approximate surface area is 178 Å². The van der Waals surface area contributed by atoms with E-state index in [1.165, 1.54) is 0 Å². The van der Waals surface area contributed by atoms with Crippen LogP contribution in [0.4, 0.5) is 0 Å². The van der Waals surface area contributed by atoms with Crippen LogP contribution in [0.15, 0.2) is 42.6 Å². The molecule has 1 atom stereocenters. The molecule has 1 unspecified atom stereocenters. The number of nitrogens with zero attached hydrogens (tertiary/aromatic N) is 3. The molecule has 2 aromatic rings. The molecule has 1 aromatic heterocycles. The van der Waals surface area contributed by atoms with Crippen molar-refractivity contribution in [2.45, 2.75) is 32.9 Å². The van der Waals surface area contributed by atoms with Gasteiger partial charge in [-0.05, 0) is 43.7 Å². The Bertz CT molecular complexity index is 821. The lowest BCUT2D eigenvalue weighted by Crippen LogP contribution is -2.47. The summed E-state index contributed by atoms with van der Waals surface area (Å²) in [6.45, 7) is 5.31. The van der Waals surface area contributed by atoms with E-state index < -0.39 is 0 Å². The number of amides is 2.